The monoisotopic (exact) mass is 981 g/mol. The molecule has 0 fully saturated rings. The Kier molecular flexibility index (Phi) is 48.1. The third-order valence-electron chi connectivity index (χ3n) is 11.7. The Morgan fingerprint density at radius 2 is 0.899 bits per heavy atom. The van der Waals surface area contributed by atoms with Crippen molar-refractivity contribution >= 4 is 13.7 Å². The van der Waals surface area contributed by atoms with Crippen molar-refractivity contribution in [2.24, 2.45) is 0 Å². The summed E-state index contributed by atoms with van der Waals surface area (Å²) in [6.07, 6.45) is 73.0. The number of unbranched alkanes of at least 4 members (excludes halogenated alkanes) is 20. The Labute approximate surface area is 425 Å². The summed E-state index contributed by atoms with van der Waals surface area (Å²) in [5.74, 6) is -0.216. The number of nitrogens with zero attached hydrogens (tertiary/aromatic N) is 1. The second-order valence-electron chi connectivity index (χ2n) is 19.5. The van der Waals surface area contributed by atoms with Crippen molar-refractivity contribution in [3.05, 3.63) is 109 Å². The average molecular weight is 981 g/mol. The van der Waals surface area contributed by atoms with Gasteiger partial charge in [-0.1, -0.05) is 226 Å². The predicted molar refractivity (Wildman–Crippen MR) is 297 cm³/mol. The molecular weight excluding hydrogens is 876 g/mol. The molecule has 69 heavy (non-hydrogen) atoms. The lowest BCUT2D eigenvalue weighted by Crippen LogP contribution is -2.45. The van der Waals surface area contributed by atoms with E-state index in [0.717, 1.165) is 83.5 Å². The van der Waals surface area contributed by atoms with Crippen LogP contribution in [0.4, 0.5) is 0 Å². The Morgan fingerprint density at radius 3 is 1.35 bits per heavy atom. The van der Waals surface area contributed by atoms with E-state index in [1.54, 1.807) is 6.08 Å². The largest absolute Gasteiger partial charge is 0.756 e. The highest BCUT2D eigenvalue weighted by atomic mass is 31.2. The van der Waals surface area contributed by atoms with Gasteiger partial charge in [-0.15, -0.1) is 0 Å². The number of rotatable bonds is 49. The summed E-state index contributed by atoms with van der Waals surface area (Å²) in [6.45, 7) is 4.49. The maximum Gasteiger partial charge on any atom is 0.268 e. The van der Waals surface area contributed by atoms with Crippen LogP contribution in [0.2, 0.25) is 0 Å². The van der Waals surface area contributed by atoms with Gasteiger partial charge in [0.25, 0.3) is 7.82 Å². The van der Waals surface area contributed by atoms with E-state index < -0.39 is 26.6 Å². The molecule has 0 aromatic rings. The fourth-order valence-corrected chi connectivity index (χ4v) is 8.11. The van der Waals surface area contributed by atoms with E-state index in [9.17, 15) is 19.4 Å². The summed E-state index contributed by atoms with van der Waals surface area (Å²) in [5.41, 5.74) is 0. The van der Waals surface area contributed by atoms with E-state index in [2.05, 4.69) is 116 Å². The zero-order valence-electron chi connectivity index (χ0n) is 45.0. The number of amides is 1. The highest BCUT2D eigenvalue weighted by Gasteiger charge is 2.23. The van der Waals surface area contributed by atoms with Crippen LogP contribution in [0.25, 0.3) is 0 Å². The van der Waals surface area contributed by atoms with Crippen LogP contribution < -0.4 is 10.2 Å². The number of likely N-dealkylation sites (N-methyl/N-ethyl adjacent to an activating group) is 1. The van der Waals surface area contributed by atoms with Crippen LogP contribution >= 0.6 is 7.82 Å². The Morgan fingerprint density at radius 1 is 0.522 bits per heavy atom. The Hall–Kier alpha value is -2.84. The average Bonchev–Trinajstić information content (AvgIpc) is 3.31. The summed E-state index contributed by atoms with van der Waals surface area (Å²) in [4.78, 5) is 25.4. The molecule has 0 saturated heterocycles. The van der Waals surface area contributed by atoms with Gasteiger partial charge in [0.05, 0.1) is 39.9 Å². The molecule has 0 saturated carbocycles. The lowest BCUT2D eigenvalue weighted by atomic mass is 10.0. The molecule has 0 aromatic heterocycles. The molecule has 2 N–H and O–H groups in total. The number of carbonyl (C=O) groups excluding carboxylic acids is 1. The van der Waals surface area contributed by atoms with Crippen molar-refractivity contribution in [3.8, 4) is 0 Å². The molecule has 0 bridgehead atoms. The number of allylic oxidation sites excluding steroid dienone is 17. The van der Waals surface area contributed by atoms with Crippen LogP contribution in [0.1, 0.15) is 213 Å². The number of carbonyl (C=O) groups is 1. The smallest absolute Gasteiger partial charge is 0.268 e. The number of quaternary nitrogens is 1. The van der Waals surface area contributed by atoms with Crippen molar-refractivity contribution < 1.29 is 32.9 Å². The van der Waals surface area contributed by atoms with E-state index in [1.165, 1.54) is 109 Å². The number of aliphatic hydroxyl groups excluding tert-OH is 1. The van der Waals surface area contributed by atoms with Gasteiger partial charge in [-0.3, -0.25) is 9.36 Å². The summed E-state index contributed by atoms with van der Waals surface area (Å²) in [7, 11) is 1.23. The first-order chi connectivity index (χ1) is 33.5. The molecule has 3 atom stereocenters. The second-order valence-corrected chi connectivity index (χ2v) is 21.0. The summed E-state index contributed by atoms with van der Waals surface area (Å²) in [6, 6.07) is -0.911. The van der Waals surface area contributed by atoms with Crippen LogP contribution in [-0.4, -0.2) is 68.5 Å². The standard InChI is InChI=1S/C60H105N2O6P/c1-6-8-10-12-14-16-18-20-22-23-24-25-26-27-28-29-30-31-32-33-34-35-36-37-38-39-40-42-44-46-48-50-52-54-60(64)61-58(57-68-69(65,66)67-56-55-62(3,4)5)59(63)53-51-49-47-45-43-41-21-19-17-15-13-11-9-7-2/h8,10,14,16,20,22,24-25,27-28,30-31,33-34,43,45,51,53,58-59,63H,6-7,9,11-13,15,17-19,21,23,26,29,32,35-42,44,46-50,52,54-57H2,1-5H3,(H-,61,64,65,66)/b10-8-,16-14-,22-20-,25-24-,28-27-,31-30-,34-33-,45-43+,53-51+. The number of hydrogen-bond donors (Lipinski definition) is 2. The zero-order chi connectivity index (χ0) is 50.6. The molecule has 0 aromatic carbocycles. The molecule has 9 heteroatoms. The summed E-state index contributed by atoms with van der Waals surface area (Å²) in [5, 5.41) is 13.8. The molecule has 0 spiro atoms. The first-order valence-electron chi connectivity index (χ1n) is 27.7. The van der Waals surface area contributed by atoms with Crippen molar-refractivity contribution in [2.75, 3.05) is 40.9 Å². The SMILES string of the molecule is CC/C=C\C/C=C\C/C=C\C/C=C\C/C=C\C/C=C\C/C=C\CCCCCCCCCCCCCC(=O)NC(COP(=O)([O-])OCC[N+](C)(C)C)C(O)/C=C/CC/C=C/CCCCCCCCCC. The molecule has 0 aliphatic carbocycles. The molecule has 396 valence electrons. The first-order valence-corrected chi connectivity index (χ1v) is 29.2. The van der Waals surface area contributed by atoms with E-state index in [4.69, 9.17) is 9.05 Å². The van der Waals surface area contributed by atoms with Crippen molar-refractivity contribution in [2.45, 2.75) is 225 Å². The van der Waals surface area contributed by atoms with Crippen molar-refractivity contribution in [1.82, 2.24) is 5.32 Å². The Balaban J connectivity index is 4.18. The van der Waals surface area contributed by atoms with Crippen LogP contribution in [0.15, 0.2) is 109 Å². The fourth-order valence-electron chi connectivity index (χ4n) is 7.38. The summed E-state index contributed by atoms with van der Waals surface area (Å²) < 4.78 is 23.3. The minimum absolute atomic E-state index is 0.0118. The third kappa shape index (κ3) is 52.8. The third-order valence-corrected chi connectivity index (χ3v) is 12.7. The highest BCUT2D eigenvalue weighted by molar-refractivity contribution is 7.45. The Bertz CT molecular complexity index is 1490. The molecule has 0 radical (unpaired) electrons. The quantitative estimate of drug-likeness (QED) is 0.0272. The lowest BCUT2D eigenvalue weighted by molar-refractivity contribution is -0.870. The van der Waals surface area contributed by atoms with E-state index in [-0.39, 0.29) is 12.5 Å². The molecule has 0 heterocycles. The van der Waals surface area contributed by atoms with Crippen molar-refractivity contribution in [3.63, 3.8) is 0 Å². The van der Waals surface area contributed by atoms with Gasteiger partial charge in [-0.25, -0.2) is 0 Å². The van der Waals surface area contributed by atoms with Gasteiger partial charge in [-0.05, 0) is 89.9 Å². The van der Waals surface area contributed by atoms with Crippen molar-refractivity contribution in [1.29, 1.82) is 0 Å². The molecule has 0 aliphatic rings. The van der Waals surface area contributed by atoms with Gasteiger partial charge in [-0.2, -0.15) is 0 Å². The van der Waals surface area contributed by atoms with Gasteiger partial charge in [0.2, 0.25) is 5.91 Å². The van der Waals surface area contributed by atoms with Crippen LogP contribution in [-0.2, 0) is 18.4 Å². The van der Waals surface area contributed by atoms with Gasteiger partial charge in [0.1, 0.15) is 13.2 Å². The van der Waals surface area contributed by atoms with Gasteiger partial charge >= 0.3 is 0 Å². The minimum Gasteiger partial charge on any atom is -0.756 e. The number of phosphoric ester groups is 1. The number of hydrogen-bond acceptors (Lipinski definition) is 6. The van der Waals surface area contributed by atoms with Crippen LogP contribution in [0.5, 0.6) is 0 Å². The molecule has 8 nitrogen and oxygen atoms in total. The fraction of sp³-hybridized carbons (Fsp3) is 0.683. The first kappa shape index (κ1) is 66.2. The maximum absolute atomic E-state index is 12.9. The topological polar surface area (TPSA) is 108 Å². The molecule has 0 rings (SSSR count). The minimum atomic E-state index is -4.61. The number of phosphoric acid groups is 1. The summed E-state index contributed by atoms with van der Waals surface area (Å²) >= 11 is 0. The molecular formula is C60H105N2O6P. The molecule has 1 amide bonds. The van der Waals surface area contributed by atoms with E-state index >= 15 is 0 Å². The normalized spacial score (nSPS) is 14.8. The van der Waals surface area contributed by atoms with Crippen LogP contribution in [0.3, 0.4) is 0 Å². The van der Waals surface area contributed by atoms with Gasteiger partial charge < -0.3 is 28.8 Å². The number of aliphatic hydroxyl groups is 1. The van der Waals surface area contributed by atoms with Gasteiger partial charge in [0, 0.05) is 6.42 Å². The highest BCUT2D eigenvalue weighted by Crippen LogP contribution is 2.38. The molecule has 0 aliphatic heterocycles. The zero-order valence-corrected chi connectivity index (χ0v) is 45.9. The number of nitrogens with one attached hydrogen (secondary N) is 1. The second kappa shape index (κ2) is 50.1. The van der Waals surface area contributed by atoms with Gasteiger partial charge in [0.15, 0.2) is 0 Å². The lowest BCUT2D eigenvalue weighted by Gasteiger charge is -2.29. The predicted octanol–water partition coefficient (Wildman–Crippen LogP) is 16.2. The van der Waals surface area contributed by atoms with E-state index in [1.807, 2.05) is 27.2 Å². The molecule has 3 unspecified atom stereocenters. The van der Waals surface area contributed by atoms with Crippen LogP contribution in [0, 0.1) is 0 Å². The van der Waals surface area contributed by atoms with E-state index in [0.29, 0.717) is 17.4 Å². The maximum atomic E-state index is 12.9.